The Balaban J connectivity index is 1.47. The molecule has 7 aliphatic rings. The molecule has 210 valence electrons. The Morgan fingerprint density at radius 1 is 0.973 bits per heavy atom. The van der Waals surface area contributed by atoms with Crippen LogP contribution >= 0.6 is 0 Å². The highest BCUT2D eigenvalue weighted by atomic mass is 16.7. The van der Waals surface area contributed by atoms with Gasteiger partial charge in [0, 0.05) is 17.3 Å². The standard InChI is InChI=1S/C26H40O11/c1-10-11-4-5-13-24-9-35-26(34,25(13,19(10)31)20(11)32)21(33)18(24)23(2,3)7-6-14(24)37-22-17(30)16(29)15(28)12(8-27)36-22/h11-22,27-34H,1,4-9H2,2-3H3/t11-,12+,13-,14-,15+,16-,17+,18+,19+,20+,21-,22-,24+,25-,26+/m0/s1. The van der Waals surface area contributed by atoms with Crippen LogP contribution in [0.15, 0.2) is 12.2 Å². The highest BCUT2D eigenvalue weighted by Gasteiger charge is 2.86. The lowest BCUT2D eigenvalue weighted by Crippen LogP contribution is -2.86. The van der Waals surface area contributed by atoms with Gasteiger partial charge >= 0.3 is 0 Å². The van der Waals surface area contributed by atoms with Gasteiger partial charge in [-0.3, -0.25) is 0 Å². The molecule has 0 unspecified atom stereocenters. The largest absolute Gasteiger partial charge is 0.394 e. The van der Waals surface area contributed by atoms with E-state index in [4.69, 9.17) is 14.2 Å². The molecule has 3 aliphatic heterocycles. The van der Waals surface area contributed by atoms with Crippen LogP contribution in [0, 0.1) is 34.0 Å². The molecular formula is C26H40O11. The normalized spacial score (nSPS) is 60.2. The summed E-state index contributed by atoms with van der Waals surface area (Å²) in [6, 6.07) is 0. The van der Waals surface area contributed by atoms with E-state index in [1.807, 2.05) is 13.8 Å². The van der Waals surface area contributed by atoms with Crippen LogP contribution in [0.5, 0.6) is 0 Å². The van der Waals surface area contributed by atoms with Crippen molar-refractivity contribution in [3.05, 3.63) is 12.2 Å². The third-order valence-corrected chi connectivity index (χ3v) is 11.2. The fraction of sp³-hybridized carbons (Fsp3) is 0.923. The van der Waals surface area contributed by atoms with Crippen LogP contribution in [-0.4, -0.2) is 115 Å². The van der Waals surface area contributed by atoms with Crippen molar-refractivity contribution in [2.24, 2.45) is 34.0 Å². The maximum Gasteiger partial charge on any atom is 0.203 e. The number of rotatable bonds is 3. The van der Waals surface area contributed by atoms with Crippen molar-refractivity contribution in [3.63, 3.8) is 0 Å². The number of ether oxygens (including phenoxy) is 3. The molecule has 15 atom stereocenters. The summed E-state index contributed by atoms with van der Waals surface area (Å²) in [6.07, 6.45) is -9.86. The number of hydrogen-bond donors (Lipinski definition) is 8. The summed E-state index contributed by atoms with van der Waals surface area (Å²) in [4.78, 5) is 0. The van der Waals surface area contributed by atoms with Crippen LogP contribution in [0.2, 0.25) is 0 Å². The first kappa shape index (κ1) is 26.5. The minimum atomic E-state index is -2.21. The molecule has 11 heteroatoms. The first-order chi connectivity index (χ1) is 17.3. The van der Waals surface area contributed by atoms with Gasteiger partial charge in [0.25, 0.3) is 0 Å². The molecule has 7 fully saturated rings. The smallest absolute Gasteiger partial charge is 0.203 e. The Labute approximate surface area is 215 Å². The van der Waals surface area contributed by atoms with Gasteiger partial charge in [-0.1, -0.05) is 20.4 Å². The van der Waals surface area contributed by atoms with E-state index >= 15 is 0 Å². The minimum Gasteiger partial charge on any atom is -0.394 e. The molecule has 7 rings (SSSR count). The van der Waals surface area contributed by atoms with Gasteiger partial charge in [-0.25, -0.2) is 0 Å². The van der Waals surface area contributed by atoms with E-state index in [0.29, 0.717) is 31.3 Å². The average Bonchev–Trinajstić information content (AvgIpc) is 2.95. The van der Waals surface area contributed by atoms with Crippen LogP contribution in [-0.2, 0) is 14.2 Å². The first-order valence-corrected chi connectivity index (χ1v) is 13.4. The van der Waals surface area contributed by atoms with E-state index in [2.05, 4.69) is 6.58 Å². The highest BCUT2D eigenvalue weighted by Crippen LogP contribution is 2.77. The summed E-state index contributed by atoms with van der Waals surface area (Å²) in [5.41, 5.74) is -2.68. The molecule has 4 bridgehead atoms. The van der Waals surface area contributed by atoms with Crippen molar-refractivity contribution in [2.45, 2.75) is 100 Å². The number of aliphatic hydroxyl groups is 8. The number of hydrogen-bond acceptors (Lipinski definition) is 11. The minimum absolute atomic E-state index is 0.0141. The molecule has 0 aromatic heterocycles. The summed E-state index contributed by atoms with van der Waals surface area (Å²) < 4.78 is 18.1. The Morgan fingerprint density at radius 3 is 2.35 bits per heavy atom. The zero-order valence-corrected chi connectivity index (χ0v) is 21.2. The van der Waals surface area contributed by atoms with E-state index in [1.165, 1.54) is 0 Å². The maximum absolute atomic E-state index is 12.0. The molecule has 0 radical (unpaired) electrons. The van der Waals surface area contributed by atoms with E-state index < -0.39 is 102 Å². The molecule has 4 aliphatic carbocycles. The van der Waals surface area contributed by atoms with Crippen molar-refractivity contribution in [2.75, 3.05) is 13.2 Å². The number of aliphatic hydroxyl groups excluding tert-OH is 7. The second-order valence-electron chi connectivity index (χ2n) is 13.0. The van der Waals surface area contributed by atoms with Gasteiger partial charge in [-0.2, -0.15) is 0 Å². The lowest BCUT2D eigenvalue weighted by Gasteiger charge is -2.76. The van der Waals surface area contributed by atoms with Gasteiger partial charge in [0.1, 0.15) is 30.5 Å². The third kappa shape index (κ3) is 2.89. The fourth-order valence-electron chi connectivity index (χ4n) is 9.67. The SMILES string of the molecule is C=C1[C@@H](O)[C@]23[C@H](O)[C@H]1CC[C@H]2[C@@]12CO[C@]3(O)[C@@H](O)[C@@H]1C(C)(C)CC[C@@H]2O[C@@H]1O[C@H](CO)[C@@H](O)[C@H](O)[C@H]1O. The van der Waals surface area contributed by atoms with E-state index in [9.17, 15) is 40.9 Å². The molecule has 4 saturated carbocycles. The Morgan fingerprint density at radius 2 is 1.68 bits per heavy atom. The summed E-state index contributed by atoms with van der Waals surface area (Å²) in [6.45, 7) is 7.43. The lowest BCUT2D eigenvalue weighted by atomic mass is 9.35. The van der Waals surface area contributed by atoms with E-state index in [1.54, 1.807) is 0 Å². The van der Waals surface area contributed by atoms with Crippen molar-refractivity contribution >= 4 is 0 Å². The van der Waals surface area contributed by atoms with Gasteiger partial charge in [-0.15, -0.1) is 0 Å². The predicted octanol–water partition coefficient (Wildman–Crippen LogP) is -2.01. The van der Waals surface area contributed by atoms with Gasteiger partial charge in [0.2, 0.25) is 5.79 Å². The molecule has 0 aromatic carbocycles. The topological polar surface area (TPSA) is 190 Å². The molecule has 11 nitrogen and oxygen atoms in total. The second-order valence-corrected chi connectivity index (χ2v) is 13.0. The summed E-state index contributed by atoms with van der Waals surface area (Å²) >= 11 is 0. The molecule has 2 spiro atoms. The molecule has 8 N–H and O–H groups in total. The lowest BCUT2D eigenvalue weighted by molar-refractivity contribution is -0.482. The summed E-state index contributed by atoms with van der Waals surface area (Å²) in [5.74, 6) is -3.73. The van der Waals surface area contributed by atoms with Crippen molar-refractivity contribution in [1.82, 2.24) is 0 Å². The van der Waals surface area contributed by atoms with Crippen LogP contribution in [0.3, 0.4) is 0 Å². The third-order valence-electron chi connectivity index (χ3n) is 11.2. The second kappa shape index (κ2) is 8.17. The number of fused-ring (bicyclic) bond motifs is 2. The Hall–Kier alpha value is -0.700. The van der Waals surface area contributed by atoms with Crippen LogP contribution in [0.1, 0.15) is 39.5 Å². The molecular weight excluding hydrogens is 488 g/mol. The van der Waals surface area contributed by atoms with Crippen molar-refractivity contribution in [1.29, 1.82) is 0 Å². The van der Waals surface area contributed by atoms with Crippen LogP contribution < -0.4 is 0 Å². The Bertz CT molecular complexity index is 957. The zero-order valence-electron chi connectivity index (χ0n) is 21.2. The van der Waals surface area contributed by atoms with Crippen LogP contribution in [0.25, 0.3) is 0 Å². The van der Waals surface area contributed by atoms with Crippen LogP contribution in [0.4, 0.5) is 0 Å². The highest BCUT2D eigenvalue weighted by molar-refractivity contribution is 5.38. The monoisotopic (exact) mass is 528 g/mol. The van der Waals surface area contributed by atoms with Crippen molar-refractivity contribution < 1.29 is 55.1 Å². The fourth-order valence-corrected chi connectivity index (χ4v) is 9.67. The van der Waals surface area contributed by atoms with Gasteiger partial charge in [0.05, 0.1) is 36.9 Å². The summed E-state index contributed by atoms with van der Waals surface area (Å²) in [5, 5.41) is 87.9. The molecule has 3 saturated heterocycles. The molecule has 37 heavy (non-hydrogen) atoms. The molecule has 3 heterocycles. The summed E-state index contributed by atoms with van der Waals surface area (Å²) in [7, 11) is 0. The predicted molar refractivity (Wildman–Crippen MR) is 124 cm³/mol. The van der Waals surface area contributed by atoms with Gasteiger partial charge in [0.15, 0.2) is 6.29 Å². The van der Waals surface area contributed by atoms with Gasteiger partial charge in [-0.05, 0) is 42.6 Å². The molecule has 0 amide bonds. The van der Waals surface area contributed by atoms with Crippen molar-refractivity contribution in [3.8, 4) is 0 Å². The zero-order chi connectivity index (χ0) is 26.9. The first-order valence-electron chi connectivity index (χ1n) is 13.4. The maximum atomic E-state index is 12.0. The van der Waals surface area contributed by atoms with E-state index in [-0.39, 0.29) is 6.61 Å². The Kier molecular flexibility index (Phi) is 5.86. The van der Waals surface area contributed by atoms with E-state index in [0.717, 1.165) is 0 Å². The average molecular weight is 529 g/mol. The van der Waals surface area contributed by atoms with Gasteiger partial charge < -0.3 is 55.1 Å². The molecule has 0 aromatic rings. The quantitative estimate of drug-likeness (QED) is 0.189.